The molecule has 0 aliphatic heterocycles. The van der Waals surface area contributed by atoms with Crippen LogP contribution in [0, 0.1) is 10.8 Å². The largest absolute Gasteiger partial charge is 0.349 e. The number of nitrogens with one attached hydrogen (secondary N) is 1. The van der Waals surface area contributed by atoms with Crippen LogP contribution in [0.25, 0.3) is 0 Å². The van der Waals surface area contributed by atoms with Crippen molar-refractivity contribution < 1.29 is 9.18 Å². The maximum atomic E-state index is 13.3. The van der Waals surface area contributed by atoms with Crippen LogP contribution >= 0.6 is 0 Å². The first-order valence-electron chi connectivity index (χ1n) is 5.01. The molecule has 0 radical (unpaired) electrons. The molecule has 3 heteroatoms. The van der Waals surface area contributed by atoms with Gasteiger partial charge in [0.2, 0.25) is 0 Å². The Labute approximate surface area is 85.3 Å². The second-order valence-corrected chi connectivity index (χ2v) is 5.82. The summed E-state index contributed by atoms with van der Waals surface area (Å²) in [5, 5.41) is 2.76. The molecule has 0 aromatic heterocycles. The van der Waals surface area contributed by atoms with Crippen LogP contribution in [0.3, 0.4) is 0 Å². The van der Waals surface area contributed by atoms with Crippen LogP contribution in [-0.4, -0.2) is 17.6 Å². The molecule has 82 valence electrons. The van der Waals surface area contributed by atoms with Crippen molar-refractivity contribution in [2.75, 3.05) is 0 Å². The molecule has 1 fully saturated rings. The van der Waals surface area contributed by atoms with E-state index in [0.29, 0.717) is 0 Å². The lowest BCUT2D eigenvalue weighted by molar-refractivity contribution is -0.131. The van der Waals surface area contributed by atoms with Gasteiger partial charge in [0.1, 0.15) is 0 Å². The Morgan fingerprint density at radius 1 is 1.21 bits per heavy atom. The molecular formula is C11H20FNO. The van der Waals surface area contributed by atoms with Gasteiger partial charge >= 0.3 is 0 Å². The Bertz CT molecular complexity index is 249. The van der Waals surface area contributed by atoms with Gasteiger partial charge in [-0.2, -0.15) is 0 Å². The summed E-state index contributed by atoms with van der Waals surface area (Å²) in [5.74, 6) is -0.513. The Balaban J connectivity index is 2.63. The van der Waals surface area contributed by atoms with E-state index in [4.69, 9.17) is 0 Å². The lowest BCUT2D eigenvalue weighted by Gasteiger charge is -2.15. The van der Waals surface area contributed by atoms with E-state index in [9.17, 15) is 9.18 Å². The molecule has 0 spiro atoms. The van der Waals surface area contributed by atoms with Gasteiger partial charge in [0.15, 0.2) is 5.67 Å². The molecule has 0 saturated heterocycles. The lowest BCUT2D eigenvalue weighted by Crippen LogP contribution is -2.41. The maximum absolute atomic E-state index is 13.3. The van der Waals surface area contributed by atoms with Crippen LogP contribution in [0.2, 0.25) is 0 Å². The Hall–Kier alpha value is -0.600. The first kappa shape index (κ1) is 11.5. The number of alkyl halides is 1. The minimum atomic E-state index is -1.78. The van der Waals surface area contributed by atoms with E-state index in [-0.39, 0.29) is 16.9 Å². The standard InChI is InChI=1S/C11H20FNO/c1-9(2)7(10(9,3)4)13-8(14)11(5,6)12/h7H,1-6H3,(H,13,14). The summed E-state index contributed by atoms with van der Waals surface area (Å²) in [6, 6.07) is 0.0810. The zero-order valence-electron chi connectivity index (χ0n) is 9.86. The average molecular weight is 201 g/mol. The fraction of sp³-hybridized carbons (Fsp3) is 0.909. The van der Waals surface area contributed by atoms with Gasteiger partial charge in [0.05, 0.1) is 0 Å². The number of carbonyl (C=O) groups excluding carboxylic acids is 1. The monoisotopic (exact) mass is 201 g/mol. The molecule has 0 atom stereocenters. The predicted octanol–water partition coefficient (Wildman–Crippen LogP) is 2.29. The van der Waals surface area contributed by atoms with E-state index in [1.54, 1.807) is 0 Å². The number of hydrogen-bond acceptors (Lipinski definition) is 1. The predicted molar refractivity (Wildman–Crippen MR) is 54.7 cm³/mol. The zero-order chi connectivity index (χ0) is 11.4. The zero-order valence-corrected chi connectivity index (χ0v) is 9.86. The van der Waals surface area contributed by atoms with Gasteiger partial charge in [0.25, 0.3) is 5.91 Å². The fourth-order valence-electron chi connectivity index (χ4n) is 1.86. The van der Waals surface area contributed by atoms with Crippen molar-refractivity contribution in [3.8, 4) is 0 Å². The van der Waals surface area contributed by atoms with Crippen LogP contribution in [0.1, 0.15) is 41.5 Å². The first-order valence-corrected chi connectivity index (χ1v) is 5.01. The second-order valence-electron chi connectivity index (χ2n) is 5.82. The van der Waals surface area contributed by atoms with E-state index in [0.717, 1.165) is 0 Å². The highest BCUT2D eigenvalue weighted by Gasteiger charge is 2.65. The number of hydrogen-bond donors (Lipinski definition) is 1. The molecule has 1 saturated carbocycles. The van der Waals surface area contributed by atoms with Crippen molar-refractivity contribution in [3.05, 3.63) is 0 Å². The minimum Gasteiger partial charge on any atom is -0.349 e. The third-order valence-corrected chi connectivity index (χ3v) is 3.84. The van der Waals surface area contributed by atoms with Gasteiger partial charge < -0.3 is 5.32 Å². The van der Waals surface area contributed by atoms with Gasteiger partial charge in [-0.05, 0) is 24.7 Å². The molecule has 0 unspecified atom stereocenters. The smallest absolute Gasteiger partial charge is 0.257 e. The third kappa shape index (κ3) is 1.53. The Kier molecular flexibility index (Phi) is 2.22. The summed E-state index contributed by atoms with van der Waals surface area (Å²) in [6.45, 7) is 10.9. The summed E-state index contributed by atoms with van der Waals surface area (Å²) >= 11 is 0. The average Bonchev–Trinajstić information content (AvgIpc) is 2.30. The first-order chi connectivity index (χ1) is 6.01. The number of carbonyl (C=O) groups is 1. The van der Waals surface area contributed by atoms with Gasteiger partial charge in [0, 0.05) is 6.04 Å². The van der Waals surface area contributed by atoms with Crippen molar-refractivity contribution in [1.82, 2.24) is 5.32 Å². The topological polar surface area (TPSA) is 29.1 Å². The number of amides is 1. The van der Waals surface area contributed by atoms with E-state index in [1.807, 2.05) is 0 Å². The van der Waals surface area contributed by atoms with E-state index in [2.05, 4.69) is 33.0 Å². The highest BCUT2D eigenvalue weighted by molar-refractivity contribution is 5.84. The number of rotatable bonds is 2. The minimum absolute atomic E-state index is 0.0634. The fourth-order valence-corrected chi connectivity index (χ4v) is 1.86. The Morgan fingerprint density at radius 3 is 1.79 bits per heavy atom. The van der Waals surface area contributed by atoms with Crippen molar-refractivity contribution >= 4 is 5.91 Å². The highest BCUT2D eigenvalue weighted by atomic mass is 19.1. The summed E-state index contributed by atoms with van der Waals surface area (Å²) in [6.07, 6.45) is 0. The molecular weight excluding hydrogens is 181 g/mol. The molecule has 2 nitrogen and oxygen atoms in total. The highest BCUT2D eigenvalue weighted by Crippen LogP contribution is 2.62. The van der Waals surface area contributed by atoms with Gasteiger partial charge in [-0.1, -0.05) is 27.7 Å². The molecule has 0 heterocycles. The van der Waals surface area contributed by atoms with Crippen LogP contribution in [0.5, 0.6) is 0 Å². The number of halogens is 1. The molecule has 0 aromatic carbocycles. The summed E-state index contributed by atoms with van der Waals surface area (Å²) in [7, 11) is 0. The van der Waals surface area contributed by atoms with Crippen molar-refractivity contribution in [1.29, 1.82) is 0 Å². The lowest BCUT2D eigenvalue weighted by atomic mass is 10.0. The van der Waals surface area contributed by atoms with Crippen LogP contribution in [0.15, 0.2) is 0 Å². The van der Waals surface area contributed by atoms with E-state index in [1.165, 1.54) is 13.8 Å². The molecule has 1 rings (SSSR count). The molecule has 14 heavy (non-hydrogen) atoms. The molecule has 1 N–H and O–H groups in total. The molecule has 0 aromatic rings. The maximum Gasteiger partial charge on any atom is 0.257 e. The summed E-state index contributed by atoms with van der Waals surface area (Å²) in [4.78, 5) is 11.4. The SMILES string of the molecule is CC(C)(F)C(=O)NC1C(C)(C)C1(C)C. The summed E-state index contributed by atoms with van der Waals surface area (Å²) in [5.41, 5.74) is -1.66. The van der Waals surface area contributed by atoms with E-state index >= 15 is 0 Å². The van der Waals surface area contributed by atoms with Crippen molar-refractivity contribution in [2.45, 2.75) is 53.3 Å². The van der Waals surface area contributed by atoms with Crippen LogP contribution in [-0.2, 0) is 4.79 Å². The normalized spacial score (nSPS) is 24.5. The Morgan fingerprint density at radius 2 is 1.57 bits per heavy atom. The van der Waals surface area contributed by atoms with Crippen molar-refractivity contribution in [2.24, 2.45) is 10.8 Å². The van der Waals surface area contributed by atoms with E-state index < -0.39 is 11.6 Å². The van der Waals surface area contributed by atoms with Crippen LogP contribution < -0.4 is 5.32 Å². The third-order valence-electron chi connectivity index (χ3n) is 3.84. The van der Waals surface area contributed by atoms with Gasteiger partial charge in [-0.25, -0.2) is 4.39 Å². The quantitative estimate of drug-likeness (QED) is 0.729. The van der Waals surface area contributed by atoms with Crippen LogP contribution in [0.4, 0.5) is 4.39 Å². The molecule has 0 bridgehead atoms. The second kappa shape index (κ2) is 2.71. The molecule has 1 aliphatic rings. The molecule has 1 aliphatic carbocycles. The molecule has 1 amide bonds. The van der Waals surface area contributed by atoms with Gasteiger partial charge in [-0.15, -0.1) is 0 Å². The van der Waals surface area contributed by atoms with Gasteiger partial charge in [-0.3, -0.25) is 4.79 Å². The van der Waals surface area contributed by atoms with Crippen molar-refractivity contribution in [3.63, 3.8) is 0 Å². The summed E-state index contributed by atoms with van der Waals surface area (Å²) < 4.78 is 13.3.